The van der Waals surface area contributed by atoms with Crippen LogP contribution in [-0.2, 0) is 4.74 Å². The molecule has 0 aromatic heterocycles. The van der Waals surface area contributed by atoms with Crippen molar-refractivity contribution in [3.8, 4) is 0 Å². The van der Waals surface area contributed by atoms with Crippen molar-refractivity contribution in [1.29, 1.82) is 0 Å². The topological polar surface area (TPSA) is 50.4 Å². The third-order valence-electron chi connectivity index (χ3n) is 4.06. The van der Waals surface area contributed by atoms with Crippen LogP contribution in [0.25, 0.3) is 0 Å². The second kappa shape index (κ2) is 7.46. The number of anilines is 1. The third-order valence-corrected chi connectivity index (χ3v) is 4.06. The summed E-state index contributed by atoms with van der Waals surface area (Å²) >= 11 is 0. The van der Waals surface area contributed by atoms with Gasteiger partial charge in [-0.25, -0.2) is 0 Å². The van der Waals surface area contributed by atoms with Gasteiger partial charge in [-0.05, 0) is 44.4 Å². The Balaban J connectivity index is 2.00. The van der Waals surface area contributed by atoms with Crippen LogP contribution in [0.2, 0.25) is 0 Å². The lowest BCUT2D eigenvalue weighted by atomic mass is 9.99. The monoisotopic (exact) mass is 290 g/mol. The van der Waals surface area contributed by atoms with Gasteiger partial charge in [0.25, 0.3) is 5.91 Å². The minimum Gasteiger partial charge on any atom is -0.385 e. The number of carbonyl (C=O) groups excluding carboxylic acids is 1. The molecule has 1 aliphatic rings. The molecule has 21 heavy (non-hydrogen) atoms. The molecule has 2 unspecified atom stereocenters. The average molecular weight is 290 g/mol. The zero-order valence-corrected chi connectivity index (χ0v) is 13.2. The van der Waals surface area contributed by atoms with Gasteiger partial charge in [-0.15, -0.1) is 0 Å². The molecule has 1 saturated heterocycles. The molecule has 0 saturated carbocycles. The molecule has 4 nitrogen and oxygen atoms in total. The van der Waals surface area contributed by atoms with Gasteiger partial charge in [0.05, 0.1) is 11.7 Å². The maximum absolute atomic E-state index is 12.4. The molecule has 2 rings (SSSR count). The van der Waals surface area contributed by atoms with Crippen LogP contribution in [0.15, 0.2) is 18.2 Å². The molecule has 1 aliphatic heterocycles. The third kappa shape index (κ3) is 3.97. The highest BCUT2D eigenvalue weighted by molar-refractivity contribution is 5.99. The van der Waals surface area contributed by atoms with Gasteiger partial charge in [0.1, 0.15) is 0 Å². The fourth-order valence-corrected chi connectivity index (χ4v) is 2.89. The molecular weight excluding hydrogens is 264 g/mol. The number of nitrogens with one attached hydrogen (secondary N) is 2. The lowest BCUT2D eigenvalue weighted by Gasteiger charge is -2.18. The predicted molar refractivity (Wildman–Crippen MR) is 85.8 cm³/mol. The van der Waals surface area contributed by atoms with Gasteiger partial charge >= 0.3 is 0 Å². The summed E-state index contributed by atoms with van der Waals surface area (Å²) in [5, 5.41) is 6.32. The van der Waals surface area contributed by atoms with Crippen molar-refractivity contribution in [2.75, 3.05) is 25.0 Å². The summed E-state index contributed by atoms with van der Waals surface area (Å²) in [4.78, 5) is 12.4. The van der Waals surface area contributed by atoms with Crippen molar-refractivity contribution < 1.29 is 9.53 Å². The van der Waals surface area contributed by atoms with Crippen LogP contribution >= 0.6 is 0 Å². The van der Waals surface area contributed by atoms with E-state index in [1.165, 1.54) is 0 Å². The summed E-state index contributed by atoms with van der Waals surface area (Å²) in [6.45, 7) is 8.51. The van der Waals surface area contributed by atoms with E-state index in [-0.39, 0.29) is 12.0 Å². The smallest absolute Gasteiger partial charge is 0.253 e. The van der Waals surface area contributed by atoms with Gasteiger partial charge in [-0.2, -0.15) is 0 Å². The van der Waals surface area contributed by atoms with E-state index in [0.717, 1.165) is 42.8 Å². The molecule has 0 radical (unpaired) electrons. The number of rotatable bonds is 6. The van der Waals surface area contributed by atoms with Gasteiger partial charge in [-0.3, -0.25) is 4.79 Å². The Labute approximate surface area is 127 Å². The molecule has 0 spiro atoms. The SMILES string of the molecule is CCNc1cc(C)ccc1C(=O)NCC1CCOC1CC. The van der Waals surface area contributed by atoms with Crippen molar-refractivity contribution in [3.05, 3.63) is 29.3 Å². The van der Waals surface area contributed by atoms with Crippen molar-refractivity contribution in [2.45, 2.75) is 39.7 Å². The van der Waals surface area contributed by atoms with Crippen LogP contribution in [0.4, 0.5) is 5.69 Å². The highest BCUT2D eigenvalue weighted by Crippen LogP contribution is 2.23. The molecule has 1 heterocycles. The molecular formula is C17H26N2O2. The fourth-order valence-electron chi connectivity index (χ4n) is 2.89. The average Bonchev–Trinajstić information content (AvgIpc) is 2.93. The Morgan fingerprint density at radius 3 is 2.90 bits per heavy atom. The molecule has 1 fully saturated rings. The van der Waals surface area contributed by atoms with Crippen molar-refractivity contribution >= 4 is 11.6 Å². The molecule has 1 amide bonds. The number of hydrogen-bond acceptors (Lipinski definition) is 3. The minimum atomic E-state index is -0.00676. The molecule has 4 heteroatoms. The van der Waals surface area contributed by atoms with E-state index in [1.807, 2.05) is 32.0 Å². The number of amides is 1. The minimum absolute atomic E-state index is 0.00676. The van der Waals surface area contributed by atoms with E-state index in [9.17, 15) is 4.79 Å². The maximum atomic E-state index is 12.4. The second-order valence-corrected chi connectivity index (χ2v) is 5.66. The molecule has 2 atom stereocenters. The largest absolute Gasteiger partial charge is 0.385 e. The van der Waals surface area contributed by atoms with Crippen LogP contribution < -0.4 is 10.6 Å². The first-order valence-corrected chi connectivity index (χ1v) is 7.90. The number of hydrogen-bond donors (Lipinski definition) is 2. The lowest BCUT2D eigenvalue weighted by molar-refractivity contribution is 0.0827. The summed E-state index contributed by atoms with van der Waals surface area (Å²) < 4.78 is 5.67. The summed E-state index contributed by atoms with van der Waals surface area (Å²) in [6.07, 6.45) is 2.33. The number of carbonyl (C=O) groups is 1. The zero-order valence-electron chi connectivity index (χ0n) is 13.2. The van der Waals surface area contributed by atoms with Gasteiger partial charge in [0.2, 0.25) is 0 Å². The van der Waals surface area contributed by atoms with Crippen LogP contribution in [0.3, 0.4) is 0 Å². The lowest BCUT2D eigenvalue weighted by Crippen LogP contribution is -2.33. The maximum Gasteiger partial charge on any atom is 0.253 e. The van der Waals surface area contributed by atoms with Gasteiger partial charge in [-0.1, -0.05) is 13.0 Å². The quantitative estimate of drug-likeness (QED) is 0.847. The summed E-state index contributed by atoms with van der Waals surface area (Å²) in [5.74, 6) is 0.430. The predicted octanol–water partition coefficient (Wildman–Crippen LogP) is 2.97. The number of aryl methyl sites for hydroxylation is 1. The molecule has 1 aromatic carbocycles. The zero-order chi connectivity index (χ0) is 15.2. The Kier molecular flexibility index (Phi) is 5.62. The van der Waals surface area contributed by atoms with Crippen molar-refractivity contribution in [1.82, 2.24) is 5.32 Å². The first kappa shape index (κ1) is 15.8. The van der Waals surface area contributed by atoms with Gasteiger partial charge < -0.3 is 15.4 Å². The van der Waals surface area contributed by atoms with E-state index >= 15 is 0 Å². The molecule has 1 aromatic rings. The number of ether oxygens (including phenoxy) is 1. The van der Waals surface area contributed by atoms with E-state index in [2.05, 4.69) is 17.6 Å². The second-order valence-electron chi connectivity index (χ2n) is 5.66. The van der Waals surface area contributed by atoms with Crippen molar-refractivity contribution in [2.24, 2.45) is 5.92 Å². The Hall–Kier alpha value is -1.55. The molecule has 0 aliphatic carbocycles. The molecule has 0 bridgehead atoms. The highest BCUT2D eigenvalue weighted by Gasteiger charge is 2.27. The van der Waals surface area contributed by atoms with E-state index < -0.39 is 0 Å². The summed E-state index contributed by atoms with van der Waals surface area (Å²) in [7, 11) is 0. The first-order valence-electron chi connectivity index (χ1n) is 7.90. The first-order chi connectivity index (χ1) is 10.2. The number of benzene rings is 1. The molecule has 2 N–H and O–H groups in total. The van der Waals surface area contributed by atoms with E-state index in [1.54, 1.807) is 0 Å². The Morgan fingerprint density at radius 2 is 2.19 bits per heavy atom. The normalized spacial score (nSPS) is 21.3. The van der Waals surface area contributed by atoms with Gasteiger partial charge in [0.15, 0.2) is 0 Å². The van der Waals surface area contributed by atoms with E-state index in [0.29, 0.717) is 12.5 Å². The highest BCUT2D eigenvalue weighted by atomic mass is 16.5. The van der Waals surface area contributed by atoms with Crippen molar-refractivity contribution in [3.63, 3.8) is 0 Å². The summed E-state index contributed by atoms with van der Waals surface area (Å²) in [5.41, 5.74) is 2.77. The Morgan fingerprint density at radius 1 is 1.38 bits per heavy atom. The van der Waals surface area contributed by atoms with Crippen LogP contribution in [0, 0.1) is 12.8 Å². The van der Waals surface area contributed by atoms with Gasteiger partial charge in [0, 0.05) is 31.3 Å². The van der Waals surface area contributed by atoms with Crippen LogP contribution in [0.5, 0.6) is 0 Å². The van der Waals surface area contributed by atoms with Crippen LogP contribution in [0.1, 0.15) is 42.6 Å². The van der Waals surface area contributed by atoms with E-state index in [4.69, 9.17) is 4.74 Å². The Bertz CT molecular complexity index is 488. The molecule has 116 valence electrons. The standard InChI is InChI=1S/C17H26N2O2/c1-4-16-13(8-9-21-16)11-19-17(20)14-7-6-12(3)10-15(14)18-5-2/h6-7,10,13,16,18H,4-5,8-9,11H2,1-3H3,(H,19,20). The summed E-state index contributed by atoms with van der Waals surface area (Å²) in [6, 6.07) is 5.89. The van der Waals surface area contributed by atoms with Crippen LogP contribution in [-0.4, -0.2) is 31.7 Å². The fraction of sp³-hybridized carbons (Fsp3) is 0.588.